The minimum absolute atomic E-state index is 0.0284. The van der Waals surface area contributed by atoms with Crippen LogP contribution < -0.4 is 19.7 Å². The molecule has 0 spiro atoms. The summed E-state index contributed by atoms with van der Waals surface area (Å²) in [6.45, 7) is 1.95. The zero-order chi connectivity index (χ0) is 16.0. The van der Waals surface area contributed by atoms with E-state index in [9.17, 15) is 4.79 Å². The lowest BCUT2D eigenvalue weighted by Crippen LogP contribution is -2.65. The highest BCUT2D eigenvalue weighted by Crippen LogP contribution is 2.45. The number of hydrogen-bond acceptors (Lipinski definition) is 3. The molecule has 2 atom stereocenters. The molecule has 4 rings (SSSR count). The largest absolute Gasteiger partial charge is 0.497 e. The van der Waals surface area contributed by atoms with Gasteiger partial charge in [-0.05, 0) is 25.1 Å². The van der Waals surface area contributed by atoms with Gasteiger partial charge in [0.15, 0.2) is 5.72 Å². The summed E-state index contributed by atoms with van der Waals surface area (Å²) in [5, 5.41) is 3.08. The molecule has 2 aromatic rings. The van der Waals surface area contributed by atoms with Gasteiger partial charge in [-0.2, -0.15) is 0 Å². The molecule has 2 bridgehead atoms. The van der Waals surface area contributed by atoms with Crippen LogP contribution in [0.3, 0.4) is 0 Å². The minimum atomic E-state index is -0.728. The Hall–Kier alpha value is -2.69. The van der Waals surface area contributed by atoms with E-state index in [2.05, 4.69) is 5.32 Å². The van der Waals surface area contributed by atoms with E-state index >= 15 is 0 Å². The number of para-hydroxylation sites is 1. The van der Waals surface area contributed by atoms with Crippen molar-refractivity contribution >= 4 is 11.7 Å². The van der Waals surface area contributed by atoms with E-state index in [0.29, 0.717) is 12.2 Å². The zero-order valence-electron chi connectivity index (χ0n) is 13.1. The van der Waals surface area contributed by atoms with E-state index < -0.39 is 5.72 Å². The van der Waals surface area contributed by atoms with Crippen LogP contribution in [-0.4, -0.2) is 18.9 Å². The Kier molecular flexibility index (Phi) is 2.98. The summed E-state index contributed by atoms with van der Waals surface area (Å²) in [6, 6.07) is 15.1. The van der Waals surface area contributed by atoms with Gasteiger partial charge in [-0.1, -0.05) is 24.3 Å². The van der Waals surface area contributed by atoms with E-state index in [1.165, 1.54) is 0 Å². The summed E-state index contributed by atoms with van der Waals surface area (Å²) < 4.78 is 11.5. The lowest BCUT2D eigenvalue weighted by atomic mass is 9.90. The van der Waals surface area contributed by atoms with Crippen LogP contribution in [0, 0.1) is 0 Å². The molecule has 0 aromatic heterocycles. The van der Waals surface area contributed by atoms with Crippen molar-refractivity contribution in [3.05, 3.63) is 54.1 Å². The molecule has 2 amide bonds. The lowest BCUT2D eigenvalue weighted by molar-refractivity contribution is 0.0378. The Morgan fingerprint density at radius 3 is 2.91 bits per heavy atom. The van der Waals surface area contributed by atoms with Crippen LogP contribution in [-0.2, 0) is 0 Å². The van der Waals surface area contributed by atoms with Gasteiger partial charge in [0.05, 0.1) is 18.8 Å². The maximum absolute atomic E-state index is 12.7. The van der Waals surface area contributed by atoms with Gasteiger partial charge in [0.1, 0.15) is 11.5 Å². The van der Waals surface area contributed by atoms with Crippen molar-refractivity contribution in [2.24, 2.45) is 0 Å². The van der Waals surface area contributed by atoms with E-state index in [1.54, 1.807) is 12.0 Å². The van der Waals surface area contributed by atoms with Gasteiger partial charge in [0, 0.05) is 18.1 Å². The van der Waals surface area contributed by atoms with E-state index in [1.807, 2.05) is 55.5 Å². The van der Waals surface area contributed by atoms with Crippen LogP contribution in [0.15, 0.2) is 48.5 Å². The highest BCUT2D eigenvalue weighted by Gasteiger charge is 2.49. The second kappa shape index (κ2) is 4.91. The van der Waals surface area contributed by atoms with Crippen molar-refractivity contribution in [2.75, 3.05) is 12.0 Å². The Morgan fingerprint density at radius 1 is 1.26 bits per heavy atom. The highest BCUT2D eigenvalue weighted by atomic mass is 16.5. The third-order valence-electron chi connectivity index (χ3n) is 4.49. The number of carbonyl (C=O) groups is 1. The molecule has 1 fully saturated rings. The maximum Gasteiger partial charge on any atom is 0.325 e. The van der Waals surface area contributed by atoms with E-state index in [4.69, 9.17) is 9.47 Å². The van der Waals surface area contributed by atoms with E-state index in [-0.39, 0.29) is 12.1 Å². The number of fused-ring (bicyclic) bond motifs is 4. The molecule has 0 radical (unpaired) electrons. The Balaban J connectivity index is 1.79. The molecule has 2 aliphatic heterocycles. The number of amides is 2. The van der Waals surface area contributed by atoms with Crippen molar-refractivity contribution in [3.8, 4) is 11.5 Å². The molecule has 5 heteroatoms. The Morgan fingerprint density at radius 2 is 2.09 bits per heavy atom. The summed E-state index contributed by atoms with van der Waals surface area (Å²) in [5.74, 6) is 1.52. The molecular weight excluding hydrogens is 292 g/mol. The molecule has 2 heterocycles. The highest BCUT2D eigenvalue weighted by molar-refractivity contribution is 5.95. The number of nitrogens with one attached hydrogen (secondary N) is 1. The van der Waals surface area contributed by atoms with Gasteiger partial charge >= 0.3 is 6.03 Å². The van der Waals surface area contributed by atoms with E-state index in [0.717, 1.165) is 17.0 Å². The fourth-order valence-electron chi connectivity index (χ4n) is 3.46. The van der Waals surface area contributed by atoms with Crippen LogP contribution in [0.25, 0.3) is 0 Å². The first-order valence-electron chi connectivity index (χ1n) is 7.63. The zero-order valence-corrected chi connectivity index (χ0v) is 13.1. The summed E-state index contributed by atoms with van der Waals surface area (Å²) >= 11 is 0. The normalized spacial score (nSPS) is 25.2. The first-order valence-corrected chi connectivity index (χ1v) is 7.63. The summed E-state index contributed by atoms with van der Waals surface area (Å²) in [5.41, 5.74) is 1.05. The van der Waals surface area contributed by atoms with Gasteiger partial charge in [0.25, 0.3) is 0 Å². The number of benzene rings is 2. The number of methoxy groups -OCH3 is 1. The molecule has 2 aliphatic rings. The number of carbonyl (C=O) groups excluding carboxylic acids is 1. The number of ether oxygens (including phenoxy) is 2. The molecular formula is C18H18N2O3. The molecule has 0 saturated carbocycles. The van der Waals surface area contributed by atoms with Crippen molar-refractivity contribution in [3.63, 3.8) is 0 Å². The topological polar surface area (TPSA) is 50.8 Å². The monoisotopic (exact) mass is 310 g/mol. The fraction of sp³-hybridized carbons (Fsp3) is 0.278. The summed E-state index contributed by atoms with van der Waals surface area (Å²) in [6.07, 6.45) is 0.687. The van der Waals surface area contributed by atoms with Crippen molar-refractivity contribution < 1.29 is 14.3 Å². The summed E-state index contributed by atoms with van der Waals surface area (Å²) in [7, 11) is 1.61. The number of rotatable bonds is 2. The third-order valence-corrected chi connectivity index (χ3v) is 4.49. The van der Waals surface area contributed by atoms with Crippen molar-refractivity contribution in [2.45, 2.75) is 25.1 Å². The van der Waals surface area contributed by atoms with Gasteiger partial charge in [0.2, 0.25) is 0 Å². The molecule has 1 saturated heterocycles. The second-order valence-corrected chi connectivity index (χ2v) is 6.06. The number of nitrogens with zero attached hydrogens (tertiary/aromatic N) is 1. The average Bonchev–Trinajstić information content (AvgIpc) is 2.54. The lowest BCUT2D eigenvalue weighted by Gasteiger charge is -2.50. The SMILES string of the molecule is COc1cccc(N2C(=O)N[C@H]3C[C@]2(C)Oc2ccccc23)c1. The molecule has 2 aromatic carbocycles. The molecule has 0 aliphatic carbocycles. The molecule has 23 heavy (non-hydrogen) atoms. The standard InChI is InChI=1S/C18H18N2O3/c1-18-11-15(14-8-3-4-9-16(14)23-18)19-17(21)20(18)12-6-5-7-13(10-12)22-2/h3-10,15H,11H2,1-2H3,(H,19,21)/t15-,18-/m0/s1. The van der Waals surface area contributed by atoms with Crippen molar-refractivity contribution in [1.29, 1.82) is 0 Å². The van der Waals surface area contributed by atoms with Gasteiger partial charge < -0.3 is 14.8 Å². The number of urea groups is 1. The predicted octanol–water partition coefficient (Wildman–Crippen LogP) is 3.46. The summed E-state index contributed by atoms with van der Waals surface area (Å²) in [4.78, 5) is 14.4. The van der Waals surface area contributed by atoms with Gasteiger partial charge in [-0.25, -0.2) is 4.79 Å². The van der Waals surface area contributed by atoms with Crippen LogP contribution in [0.5, 0.6) is 11.5 Å². The predicted molar refractivity (Wildman–Crippen MR) is 86.8 cm³/mol. The van der Waals surface area contributed by atoms with Crippen LogP contribution >= 0.6 is 0 Å². The molecule has 5 nitrogen and oxygen atoms in total. The molecule has 1 N–H and O–H groups in total. The average molecular weight is 310 g/mol. The van der Waals surface area contributed by atoms with Crippen LogP contribution in [0.2, 0.25) is 0 Å². The van der Waals surface area contributed by atoms with Crippen LogP contribution in [0.4, 0.5) is 10.5 Å². The fourth-order valence-corrected chi connectivity index (χ4v) is 3.46. The van der Waals surface area contributed by atoms with Crippen molar-refractivity contribution in [1.82, 2.24) is 5.32 Å². The van der Waals surface area contributed by atoms with Gasteiger partial charge in [-0.15, -0.1) is 0 Å². The first kappa shape index (κ1) is 13.9. The van der Waals surface area contributed by atoms with Gasteiger partial charge in [-0.3, -0.25) is 4.90 Å². The third kappa shape index (κ3) is 2.11. The maximum atomic E-state index is 12.7. The second-order valence-electron chi connectivity index (χ2n) is 6.06. The Labute approximate surface area is 134 Å². The Bertz CT molecular complexity index is 776. The number of hydrogen-bond donors (Lipinski definition) is 1. The quantitative estimate of drug-likeness (QED) is 0.924. The molecule has 0 unspecified atom stereocenters. The minimum Gasteiger partial charge on any atom is -0.497 e. The number of anilines is 1. The molecule has 118 valence electrons. The smallest absolute Gasteiger partial charge is 0.325 e. The first-order chi connectivity index (χ1) is 11.1. The van der Waals surface area contributed by atoms with Crippen LogP contribution in [0.1, 0.15) is 24.9 Å².